The molecule has 0 aromatic heterocycles. The summed E-state index contributed by atoms with van der Waals surface area (Å²) in [7, 11) is -1.99. The first-order chi connectivity index (χ1) is 7.54. The monoisotopic (exact) mass is 259 g/mol. The van der Waals surface area contributed by atoms with E-state index in [4.69, 9.17) is 4.43 Å². The molecule has 0 bridgehead atoms. The van der Waals surface area contributed by atoms with Crippen LogP contribution in [-0.2, 0) is 18.8 Å². The van der Waals surface area contributed by atoms with Gasteiger partial charge in [-0.1, -0.05) is 13.8 Å². The van der Waals surface area contributed by atoms with Crippen LogP contribution in [0.5, 0.6) is 0 Å². The van der Waals surface area contributed by atoms with Crippen LogP contribution in [-0.4, -0.2) is 32.0 Å². The summed E-state index contributed by atoms with van der Waals surface area (Å²) in [5, 5.41) is 2.40. The van der Waals surface area contributed by atoms with Gasteiger partial charge in [-0.05, 0) is 25.6 Å². The number of rotatable bonds is 5. The molecule has 1 unspecified atom stereocenters. The molecule has 1 amide bonds. The summed E-state index contributed by atoms with van der Waals surface area (Å²) in [5.74, 6) is -1.96. The van der Waals surface area contributed by atoms with Crippen LogP contribution in [0.1, 0.15) is 20.8 Å². The fourth-order valence-corrected chi connectivity index (χ4v) is 1.84. The van der Waals surface area contributed by atoms with Crippen LogP contribution in [0.2, 0.25) is 19.6 Å². The van der Waals surface area contributed by atoms with Gasteiger partial charge in [-0.2, -0.15) is 0 Å². The normalized spacial score (nSPS) is 13.1. The molecule has 0 aliphatic rings. The lowest BCUT2D eigenvalue weighted by atomic mass is 10.0. The number of amides is 1. The molecule has 0 aromatic rings. The van der Waals surface area contributed by atoms with Crippen molar-refractivity contribution in [3.05, 3.63) is 0 Å². The van der Waals surface area contributed by atoms with Gasteiger partial charge in [0.15, 0.2) is 0 Å². The fourth-order valence-electron chi connectivity index (χ4n) is 1.11. The molecule has 0 rings (SSSR count). The van der Waals surface area contributed by atoms with Crippen LogP contribution in [0.15, 0.2) is 0 Å². The Morgan fingerprint density at radius 3 is 1.88 bits per heavy atom. The van der Waals surface area contributed by atoms with Crippen molar-refractivity contribution in [2.75, 3.05) is 0 Å². The summed E-state index contributed by atoms with van der Waals surface area (Å²) in [6, 6.07) is -0.766. The predicted octanol–water partition coefficient (Wildman–Crippen LogP) is 1.09. The molecule has 0 aliphatic heterocycles. The number of carbonyl (C=O) groups is 3. The maximum Gasteiger partial charge on any atom is 0.315 e. The maximum absolute atomic E-state index is 11.8. The fraction of sp³-hybridized carbons (Fsp3) is 0.727. The average molecular weight is 259 g/mol. The summed E-state index contributed by atoms with van der Waals surface area (Å²) in [4.78, 5) is 34.0. The van der Waals surface area contributed by atoms with E-state index in [9.17, 15) is 14.4 Å². The SMILES string of the molecule is CC(=O)C(=O)NC(C(=O)O[Si](C)(C)C)C(C)C. The third-order valence-electron chi connectivity index (χ3n) is 1.93. The largest absolute Gasteiger partial charge is 0.518 e. The van der Waals surface area contributed by atoms with Crippen LogP contribution in [0.25, 0.3) is 0 Å². The van der Waals surface area contributed by atoms with E-state index in [-0.39, 0.29) is 5.92 Å². The van der Waals surface area contributed by atoms with E-state index in [0.717, 1.165) is 6.92 Å². The molecular weight excluding hydrogens is 238 g/mol. The highest BCUT2D eigenvalue weighted by atomic mass is 28.4. The Morgan fingerprint density at radius 1 is 1.12 bits per heavy atom. The molecule has 0 saturated carbocycles. The van der Waals surface area contributed by atoms with Crippen molar-refractivity contribution >= 4 is 26.0 Å². The highest BCUT2D eigenvalue weighted by molar-refractivity contribution is 6.71. The Labute approximate surface area is 103 Å². The van der Waals surface area contributed by atoms with Gasteiger partial charge in [0.05, 0.1) is 0 Å². The molecule has 0 radical (unpaired) electrons. The van der Waals surface area contributed by atoms with E-state index in [1.165, 1.54) is 0 Å². The molecular formula is C11H21NO4Si. The minimum Gasteiger partial charge on any atom is -0.518 e. The third-order valence-corrected chi connectivity index (χ3v) is 2.75. The van der Waals surface area contributed by atoms with Crippen LogP contribution in [0.3, 0.4) is 0 Å². The zero-order valence-corrected chi connectivity index (χ0v) is 12.3. The first-order valence-electron chi connectivity index (χ1n) is 5.59. The molecule has 0 fully saturated rings. The quantitative estimate of drug-likeness (QED) is 0.592. The molecule has 0 spiro atoms. The Balaban J connectivity index is 4.70. The van der Waals surface area contributed by atoms with E-state index < -0.39 is 32.0 Å². The first-order valence-corrected chi connectivity index (χ1v) is 8.99. The summed E-state index contributed by atoms with van der Waals surface area (Å²) in [5.41, 5.74) is 0. The standard InChI is InChI=1S/C11H21NO4Si/c1-7(2)9(12-10(14)8(3)13)11(15)16-17(4,5)6/h7,9H,1-6H3,(H,12,14). The molecule has 5 nitrogen and oxygen atoms in total. The minimum atomic E-state index is -1.99. The van der Waals surface area contributed by atoms with Crippen molar-refractivity contribution in [1.29, 1.82) is 0 Å². The van der Waals surface area contributed by atoms with E-state index in [1.54, 1.807) is 13.8 Å². The topological polar surface area (TPSA) is 72.5 Å². The number of Topliss-reactive ketones (excluding diaryl/α,β-unsaturated/α-hetero) is 1. The lowest BCUT2D eigenvalue weighted by Crippen LogP contribution is -2.49. The highest BCUT2D eigenvalue weighted by Gasteiger charge is 2.30. The lowest BCUT2D eigenvalue weighted by molar-refractivity contribution is -0.143. The van der Waals surface area contributed by atoms with Gasteiger partial charge in [-0.15, -0.1) is 0 Å². The minimum absolute atomic E-state index is 0.123. The van der Waals surface area contributed by atoms with Gasteiger partial charge < -0.3 is 9.74 Å². The smallest absolute Gasteiger partial charge is 0.315 e. The molecule has 1 N–H and O–H groups in total. The number of hydrogen-bond donors (Lipinski definition) is 1. The maximum atomic E-state index is 11.8. The van der Waals surface area contributed by atoms with Crippen molar-refractivity contribution in [2.24, 2.45) is 5.92 Å². The number of hydrogen-bond acceptors (Lipinski definition) is 4. The van der Waals surface area contributed by atoms with Crippen molar-refractivity contribution in [2.45, 2.75) is 46.5 Å². The van der Waals surface area contributed by atoms with Gasteiger partial charge >= 0.3 is 5.97 Å². The van der Waals surface area contributed by atoms with Crippen molar-refractivity contribution in [3.63, 3.8) is 0 Å². The molecule has 6 heteroatoms. The molecule has 0 heterocycles. The zero-order valence-electron chi connectivity index (χ0n) is 11.3. The average Bonchev–Trinajstić information content (AvgIpc) is 2.09. The number of nitrogens with one attached hydrogen (secondary N) is 1. The molecule has 0 aromatic carbocycles. The van der Waals surface area contributed by atoms with Gasteiger partial charge in [0.1, 0.15) is 6.04 Å². The summed E-state index contributed by atoms with van der Waals surface area (Å²) < 4.78 is 5.32. The van der Waals surface area contributed by atoms with E-state index in [2.05, 4.69) is 5.32 Å². The predicted molar refractivity (Wildman–Crippen MR) is 66.9 cm³/mol. The molecule has 0 saturated heterocycles. The van der Waals surface area contributed by atoms with Gasteiger partial charge in [0.2, 0.25) is 14.1 Å². The van der Waals surface area contributed by atoms with Gasteiger partial charge in [0.25, 0.3) is 5.91 Å². The van der Waals surface area contributed by atoms with Gasteiger partial charge in [0, 0.05) is 6.92 Å². The zero-order chi connectivity index (χ0) is 13.8. The second-order valence-electron chi connectivity index (χ2n) is 5.28. The van der Waals surface area contributed by atoms with E-state index in [0.29, 0.717) is 0 Å². The van der Waals surface area contributed by atoms with E-state index in [1.807, 2.05) is 19.6 Å². The van der Waals surface area contributed by atoms with Crippen molar-refractivity contribution in [3.8, 4) is 0 Å². The summed E-state index contributed by atoms with van der Waals surface area (Å²) in [6.07, 6.45) is 0. The van der Waals surface area contributed by atoms with Crippen LogP contribution < -0.4 is 5.32 Å². The first kappa shape index (κ1) is 15.8. The molecule has 1 atom stereocenters. The second-order valence-corrected chi connectivity index (χ2v) is 9.71. The summed E-state index contributed by atoms with van der Waals surface area (Å²) in [6.45, 7) is 10.4. The van der Waals surface area contributed by atoms with Crippen LogP contribution in [0, 0.1) is 5.92 Å². The Morgan fingerprint density at radius 2 is 1.59 bits per heavy atom. The molecule has 98 valence electrons. The third kappa shape index (κ3) is 6.21. The lowest BCUT2D eigenvalue weighted by Gasteiger charge is -2.25. The Hall–Kier alpha value is -1.17. The Bertz CT molecular complexity index is 320. The van der Waals surface area contributed by atoms with Gasteiger partial charge in [-0.3, -0.25) is 14.4 Å². The van der Waals surface area contributed by atoms with Crippen LogP contribution in [0.4, 0.5) is 0 Å². The number of carbonyl (C=O) groups excluding carboxylic acids is 3. The van der Waals surface area contributed by atoms with E-state index >= 15 is 0 Å². The second kappa shape index (κ2) is 5.95. The Kier molecular flexibility index (Phi) is 5.54. The molecule has 0 aliphatic carbocycles. The van der Waals surface area contributed by atoms with Crippen molar-refractivity contribution in [1.82, 2.24) is 5.32 Å². The summed E-state index contributed by atoms with van der Waals surface area (Å²) >= 11 is 0. The van der Waals surface area contributed by atoms with Crippen LogP contribution >= 0.6 is 0 Å². The van der Waals surface area contributed by atoms with Crippen molar-refractivity contribution < 1.29 is 18.8 Å². The highest BCUT2D eigenvalue weighted by Crippen LogP contribution is 2.10. The van der Waals surface area contributed by atoms with Gasteiger partial charge in [-0.25, -0.2) is 0 Å². The number of ketones is 1. The molecule has 17 heavy (non-hydrogen) atoms.